The van der Waals surface area contributed by atoms with E-state index in [0.29, 0.717) is 25.1 Å². The number of likely N-dealkylation sites (N-methyl/N-ethyl adjacent to an activating group) is 1. The second kappa shape index (κ2) is 7.06. The second-order valence-corrected chi connectivity index (χ2v) is 7.36. The van der Waals surface area contributed by atoms with E-state index in [9.17, 15) is 14.4 Å². The SMILES string of the molecule is CC(C(=O)Nc1cnn(CCN(C)C)c1)N1C(=O)NC2(CCCC2)C1=O. The summed E-state index contributed by atoms with van der Waals surface area (Å²) < 4.78 is 1.74. The van der Waals surface area contributed by atoms with Gasteiger partial charge in [0.25, 0.3) is 5.91 Å². The molecule has 2 N–H and O–H groups in total. The van der Waals surface area contributed by atoms with Crippen molar-refractivity contribution in [2.24, 2.45) is 0 Å². The van der Waals surface area contributed by atoms with Crippen LogP contribution in [0.2, 0.25) is 0 Å². The summed E-state index contributed by atoms with van der Waals surface area (Å²) in [6.45, 7) is 3.10. The first-order valence-corrected chi connectivity index (χ1v) is 8.96. The summed E-state index contributed by atoms with van der Waals surface area (Å²) in [4.78, 5) is 40.7. The van der Waals surface area contributed by atoms with Gasteiger partial charge in [-0.1, -0.05) is 12.8 Å². The van der Waals surface area contributed by atoms with E-state index in [1.54, 1.807) is 24.0 Å². The molecule has 3 rings (SSSR count). The van der Waals surface area contributed by atoms with Crippen molar-refractivity contribution in [2.75, 3.05) is 26.0 Å². The highest BCUT2D eigenvalue weighted by atomic mass is 16.2. The van der Waals surface area contributed by atoms with Crippen molar-refractivity contribution in [3.63, 3.8) is 0 Å². The predicted octanol–water partition coefficient (Wildman–Crippen LogP) is 0.636. The fraction of sp³-hybridized carbons (Fsp3) is 0.647. The fourth-order valence-corrected chi connectivity index (χ4v) is 3.53. The standard InChI is InChI=1S/C17H26N6O3/c1-12(23-15(25)17(20-16(23)26)6-4-5-7-17)14(24)19-13-10-18-22(11-13)9-8-21(2)3/h10-12H,4-9H2,1-3H3,(H,19,24)(H,20,26). The highest BCUT2D eigenvalue weighted by Gasteiger charge is 2.54. The molecule has 1 aliphatic heterocycles. The van der Waals surface area contributed by atoms with E-state index in [2.05, 4.69) is 15.7 Å². The molecule has 1 saturated heterocycles. The maximum atomic E-state index is 12.7. The van der Waals surface area contributed by atoms with Gasteiger partial charge in [-0.05, 0) is 33.9 Å². The van der Waals surface area contributed by atoms with Crippen molar-refractivity contribution in [1.82, 2.24) is 24.9 Å². The Morgan fingerprint density at radius 2 is 2.08 bits per heavy atom. The maximum Gasteiger partial charge on any atom is 0.325 e. The van der Waals surface area contributed by atoms with Crippen LogP contribution >= 0.6 is 0 Å². The number of hydrogen-bond donors (Lipinski definition) is 2. The summed E-state index contributed by atoms with van der Waals surface area (Å²) in [6.07, 6.45) is 6.39. The molecule has 9 heteroatoms. The molecule has 1 aromatic heterocycles. The number of aromatic nitrogens is 2. The summed E-state index contributed by atoms with van der Waals surface area (Å²) in [6, 6.07) is -1.37. The number of nitrogens with one attached hydrogen (secondary N) is 2. The molecule has 2 fully saturated rings. The molecule has 1 atom stereocenters. The molecule has 26 heavy (non-hydrogen) atoms. The topological polar surface area (TPSA) is 99.6 Å². The lowest BCUT2D eigenvalue weighted by Crippen LogP contribution is -2.48. The predicted molar refractivity (Wildman–Crippen MR) is 95.4 cm³/mol. The number of anilines is 1. The lowest BCUT2D eigenvalue weighted by molar-refractivity contribution is -0.136. The minimum absolute atomic E-state index is 0.288. The number of amides is 4. The van der Waals surface area contributed by atoms with Crippen LogP contribution in [0.15, 0.2) is 12.4 Å². The van der Waals surface area contributed by atoms with E-state index >= 15 is 0 Å². The van der Waals surface area contributed by atoms with Gasteiger partial charge < -0.3 is 15.5 Å². The van der Waals surface area contributed by atoms with Crippen molar-refractivity contribution < 1.29 is 14.4 Å². The van der Waals surface area contributed by atoms with Crippen LogP contribution in [-0.2, 0) is 16.1 Å². The molecule has 1 aliphatic carbocycles. The molecule has 4 amide bonds. The first kappa shape index (κ1) is 18.4. The number of nitrogens with zero attached hydrogens (tertiary/aromatic N) is 4. The number of rotatable bonds is 6. The number of hydrogen-bond acceptors (Lipinski definition) is 5. The van der Waals surface area contributed by atoms with Crippen LogP contribution in [0, 0.1) is 0 Å². The van der Waals surface area contributed by atoms with E-state index in [4.69, 9.17) is 0 Å². The number of carbonyl (C=O) groups excluding carboxylic acids is 3. The Morgan fingerprint density at radius 3 is 2.73 bits per heavy atom. The summed E-state index contributed by atoms with van der Waals surface area (Å²) >= 11 is 0. The van der Waals surface area contributed by atoms with Crippen LogP contribution in [0.4, 0.5) is 10.5 Å². The quantitative estimate of drug-likeness (QED) is 0.724. The van der Waals surface area contributed by atoms with Gasteiger partial charge in [0.2, 0.25) is 5.91 Å². The summed E-state index contributed by atoms with van der Waals surface area (Å²) in [5.74, 6) is -0.694. The van der Waals surface area contributed by atoms with Gasteiger partial charge in [-0.25, -0.2) is 9.69 Å². The molecule has 0 aromatic carbocycles. The zero-order chi connectivity index (χ0) is 18.9. The highest BCUT2D eigenvalue weighted by Crippen LogP contribution is 2.35. The molecule has 0 bridgehead atoms. The fourth-order valence-electron chi connectivity index (χ4n) is 3.53. The minimum Gasteiger partial charge on any atom is -0.323 e. The Bertz CT molecular complexity index is 707. The molecule has 0 radical (unpaired) electrons. The third-order valence-electron chi connectivity index (χ3n) is 5.09. The lowest BCUT2D eigenvalue weighted by atomic mass is 9.97. The molecule has 2 aliphatic rings. The van der Waals surface area contributed by atoms with Gasteiger partial charge in [-0.3, -0.25) is 14.3 Å². The summed E-state index contributed by atoms with van der Waals surface area (Å²) in [5, 5.41) is 9.73. The van der Waals surface area contributed by atoms with Crippen LogP contribution in [0.5, 0.6) is 0 Å². The molecular weight excluding hydrogens is 336 g/mol. The number of carbonyl (C=O) groups is 3. The van der Waals surface area contributed by atoms with Gasteiger partial charge in [-0.15, -0.1) is 0 Å². The molecule has 142 valence electrons. The van der Waals surface area contributed by atoms with Gasteiger partial charge in [0.1, 0.15) is 11.6 Å². The van der Waals surface area contributed by atoms with Crippen LogP contribution in [0.1, 0.15) is 32.6 Å². The normalized spacial score (nSPS) is 20.1. The Hall–Kier alpha value is -2.42. The monoisotopic (exact) mass is 362 g/mol. The van der Waals surface area contributed by atoms with E-state index in [-0.39, 0.29) is 5.91 Å². The van der Waals surface area contributed by atoms with Gasteiger partial charge in [0.05, 0.1) is 18.4 Å². The Balaban J connectivity index is 1.63. The van der Waals surface area contributed by atoms with Gasteiger partial charge in [0, 0.05) is 12.7 Å². The third kappa shape index (κ3) is 3.44. The minimum atomic E-state index is -0.882. The van der Waals surface area contributed by atoms with E-state index < -0.39 is 23.5 Å². The first-order chi connectivity index (χ1) is 12.3. The third-order valence-corrected chi connectivity index (χ3v) is 5.09. The van der Waals surface area contributed by atoms with E-state index in [1.165, 1.54) is 0 Å². The largest absolute Gasteiger partial charge is 0.325 e. The average molecular weight is 362 g/mol. The average Bonchev–Trinajstić information content (AvgIpc) is 3.27. The highest BCUT2D eigenvalue weighted by molar-refractivity contribution is 6.11. The Labute approximate surface area is 152 Å². The zero-order valence-electron chi connectivity index (χ0n) is 15.5. The molecular formula is C17H26N6O3. The summed E-state index contributed by atoms with van der Waals surface area (Å²) in [7, 11) is 3.95. The lowest BCUT2D eigenvalue weighted by Gasteiger charge is -2.23. The van der Waals surface area contributed by atoms with Crippen LogP contribution in [0.3, 0.4) is 0 Å². The Kier molecular flexibility index (Phi) is 4.99. The number of urea groups is 1. The van der Waals surface area contributed by atoms with Crippen LogP contribution in [-0.4, -0.2) is 69.6 Å². The smallest absolute Gasteiger partial charge is 0.323 e. The van der Waals surface area contributed by atoms with Crippen molar-refractivity contribution in [1.29, 1.82) is 0 Å². The van der Waals surface area contributed by atoms with E-state index in [0.717, 1.165) is 24.3 Å². The van der Waals surface area contributed by atoms with Crippen molar-refractivity contribution in [2.45, 2.75) is 50.7 Å². The molecule has 1 unspecified atom stereocenters. The van der Waals surface area contributed by atoms with Crippen molar-refractivity contribution >= 4 is 23.5 Å². The molecule has 1 aromatic rings. The number of imide groups is 1. The first-order valence-electron chi connectivity index (χ1n) is 8.96. The summed E-state index contributed by atoms with van der Waals surface area (Å²) in [5.41, 5.74) is -0.258. The zero-order valence-corrected chi connectivity index (χ0v) is 15.5. The second-order valence-electron chi connectivity index (χ2n) is 7.36. The molecule has 9 nitrogen and oxygen atoms in total. The maximum absolute atomic E-state index is 12.7. The van der Waals surface area contributed by atoms with Gasteiger partial charge in [-0.2, -0.15) is 5.10 Å². The van der Waals surface area contributed by atoms with E-state index in [1.807, 2.05) is 19.0 Å². The van der Waals surface area contributed by atoms with Gasteiger partial charge in [0.15, 0.2) is 0 Å². The van der Waals surface area contributed by atoms with Gasteiger partial charge >= 0.3 is 6.03 Å². The molecule has 2 heterocycles. The van der Waals surface area contributed by atoms with Crippen LogP contribution in [0.25, 0.3) is 0 Å². The molecule has 1 saturated carbocycles. The van der Waals surface area contributed by atoms with Crippen molar-refractivity contribution in [3.05, 3.63) is 12.4 Å². The Morgan fingerprint density at radius 1 is 1.38 bits per heavy atom. The molecule has 1 spiro atoms. The van der Waals surface area contributed by atoms with Crippen molar-refractivity contribution in [3.8, 4) is 0 Å². The van der Waals surface area contributed by atoms with Crippen LogP contribution < -0.4 is 10.6 Å².